The quantitative estimate of drug-likeness (QED) is 0.814. The first-order valence-corrected chi connectivity index (χ1v) is 6.54. The van der Waals surface area contributed by atoms with Gasteiger partial charge in [-0.2, -0.15) is 0 Å². The third kappa shape index (κ3) is 2.14. The van der Waals surface area contributed by atoms with Crippen LogP contribution < -0.4 is 4.90 Å². The monoisotopic (exact) mass is 229 g/mol. The van der Waals surface area contributed by atoms with Gasteiger partial charge in [-0.15, -0.1) is 0 Å². The number of aryl methyl sites for hydroxylation is 1. The van der Waals surface area contributed by atoms with Crippen LogP contribution in [-0.2, 0) is 0 Å². The largest absolute Gasteiger partial charge is 0.342 e. The van der Waals surface area contributed by atoms with Gasteiger partial charge in [-0.05, 0) is 37.5 Å². The van der Waals surface area contributed by atoms with Crippen LogP contribution in [0.3, 0.4) is 0 Å². The Kier molecular flexibility index (Phi) is 2.75. The molecule has 2 heterocycles. The molecule has 3 nitrogen and oxygen atoms in total. The molecule has 0 aliphatic carbocycles. The number of hydrogen-bond donors (Lipinski definition) is 1. The maximum absolute atomic E-state index is 4.69. The van der Waals surface area contributed by atoms with Crippen molar-refractivity contribution in [3.05, 3.63) is 23.8 Å². The molecule has 0 saturated carbocycles. The minimum Gasteiger partial charge on any atom is -0.342 e. The number of fused-ring (bicyclic) bond motifs is 1. The molecular formula is C14H19N3. The van der Waals surface area contributed by atoms with Crippen molar-refractivity contribution >= 4 is 17.0 Å². The summed E-state index contributed by atoms with van der Waals surface area (Å²) < 4.78 is 0. The number of nitrogens with zero attached hydrogens (tertiary/aromatic N) is 2. The van der Waals surface area contributed by atoms with Crippen LogP contribution in [0.15, 0.2) is 18.2 Å². The standard InChI is InChI=1S/C14H19N3/c1-11-6-7-12-13(10-11)16-14(15-12)17-8-4-2-3-5-9-17/h6-7,10H,2-5,8-9H2,1H3,(H,15,16). The van der Waals surface area contributed by atoms with E-state index in [2.05, 4.69) is 40.0 Å². The summed E-state index contributed by atoms with van der Waals surface area (Å²) in [4.78, 5) is 10.5. The summed E-state index contributed by atoms with van der Waals surface area (Å²) in [7, 11) is 0. The van der Waals surface area contributed by atoms with E-state index in [1.165, 1.54) is 31.2 Å². The molecule has 0 unspecified atom stereocenters. The van der Waals surface area contributed by atoms with E-state index in [0.717, 1.165) is 30.1 Å². The van der Waals surface area contributed by atoms with Crippen molar-refractivity contribution in [1.29, 1.82) is 0 Å². The Morgan fingerprint density at radius 1 is 1.12 bits per heavy atom. The van der Waals surface area contributed by atoms with Gasteiger partial charge in [0.2, 0.25) is 5.95 Å². The summed E-state index contributed by atoms with van der Waals surface area (Å²) in [6.07, 6.45) is 5.29. The van der Waals surface area contributed by atoms with Crippen LogP contribution in [0.5, 0.6) is 0 Å². The average Bonchev–Trinajstić information content (AvgIpc) is 2.57. The van der Waals surface area contributed by atoms with Crippen LogP contribution in [0.1, 0.15) is 31.2 Å². The molecule has 1 saturated heterocycles. The highest BCUT2D eigenvalue weighted by Crippen LogP contribution is 2.21. The zero-order valence-corrected chi connectivity index (χ0v) is 10.4. The molecule has 1 aromatic carbocycles. The van der Waals surface area contributed by atoms with Gasteiger partial charge < -0.3 is 9.88 Å². The van der Waals surface area contributed by atoms with Crippen LogP contribution in [0.4, 0.5) is 5.95 Å². The van der Waals surface area contributed by atoms with Crippen LogP contribution >= 0.6 is 0 Å². The van der Waals surface area contributed by atoms with Gasteiger partial charge in [0, 0.05) is 13.1 Å². The van der Waals surface area contributed by atoms with Gasteiger partial charge >= 0.3 is 0 Å². The molecule has 3 heteroatoms. The lowest BCUT2D eigenvalue weighted by Gasteiger charge is -2.18. The second kappa shape index (κ2) is 4.40. The number of aromatic nitrogens is 2. The molecule has 3 rings (SSSR count). The second-order valence-corrected chi connectivity index (χ2v) is 4.98. The number of benzene rings is 1. The second-order valence-electron chi connectivity index (χ2n) is 4.98. The van der Waals surface area contributed by atoms with E-state index in [9.17, 15) is 0 Å². The predicted octanol–water partition coefficient (Wildman–Crippen LogP) is 3.25. The number of aromatic amines is 1. The van der Waals surface area contributed by atoms with E-state index in [0.29, 0.717) is 0 Å². The van der Waals surface area contributed by atoms with Crippen LogP contribution in [0.2, 0.25) is 0 Å². The Labute approximate surface area is 102 Å². The van der Waals surface area contributed by atoms with E-state index in [1.54, 1.807) is 0 Å². The first-order chi connectivity index (χ1) is 8.33. The van der Waals surface area contributed by atoms with Crippen molar-refractivity contribution < 1.29 is 0 Å². The average molecular weight is 229 g/mol. The summed E-state index contributed by atoms with van der Waals surface area (Å²) in [6.45, 7) is 4.39. The Morgan fingerprint density at radius 3 is 2.65 bits per heavy atom. The van der Waals surface area contributed by atoms with Crippen molar-refractivity contribution in [2.75, 3.05) is 18.0 Å². The molecule has 17 heavy (non-hydrogen) atoms. The van der Waals surface area contributed by atoms with Gasteiger partial charge in [0.1, 0.15) is 0 Å². The normalized spacial score (nSPS) is 17.4. The fourth-order valence-corrected chi connectivity index (χ4v) is 2.54. The maximum atomic E-state index is 4.69. The van der Waals surface area contributed by atoms with Gasteiger partial charge in [0.25, 0.3) is 0 Å². The summed E-state index contributed by atoms with van der Waals surface area (Å²) in [5.74, 6) is 1.05. The molecule has 1 aliphatic heterocycles. The first kappa shape index (κ1) is 10.6. The molecule has 2 aromatic rings. The smallest absolute Gasteiger partial charge is 0.203 e. The predicted molar refractivity (Wildman–Crippen MR) is 71.5 cm³/mol. The van der Waals surface area contributed by atoms with Gasteiger partial charge in [-0.3, -0.25) is 0 Å². The summed E-state index contributed by atoms with van der Waals surface area (Å²) >= 11 is 0. The minimum atomic E-state index is 1.05. The zero-order valence-electron chi connectivity index (χ0n) is 10.4. The summed E-state index contributed by atoms with van der Waals surface area (Å²) in [5, 5.41) is 0. The zero-order chi connectivity index (χ0) is 11.7. The van der Waals surface area contributed by atoms with Crippen LogP contribution in [0, 0.1) is 6.92 Å². The van der Waals surface area contributed by atoms with Gasteiger partial charge in [0.15, 0.2) is 0 Å². The molecular weight excluding hydrogens is 210 g/mol. The van der Waals surface area contributed by atoms with Crippen molar-refractivity contribution in [1.82, 2.24) is 9.97 Å². The van der Waals surface area contributed by atoms with E-state index < -0.39 is 0 Å². The molecule has 1 aromatic heterocycles. The maximum Gasteiger partial charge on any atom is 0.203 e. The van der Waals surface area contributed by atoms with Gasteiger partial charge in [-0.25, -0.2) is 4.98 Å². The van der Waals surface area contributed by atoms with E-state index in [-0.39, 0.29) is 0 Å². The van der Waals surface area contributed by atoms with E-state index in [1.807, 2.05) is 0 Å². The van der Waals surface area contributed by atoms with Crippen molar-refractivity contribution in [2.24, 2.45) is 0 Å². The van der Waals surface area contributed by atoms with Crippen LogP contribution in [-0.4, -0.2) is 23.1 Å². The molecule has 1 N–H and O–H groups in total. The number of rotatable bonds is 1. The van der Waals surface area contributed by atoms with Crippen molar-refractivity contribution in [3.63, 3.8) is 0 Å². The van der Waals surface area contributed by atoms with Crippen molar-refractivity contribution in [2.45, 2.75) is 32.6 Å². The highest BCUT2D eigenvalue weighted by Gasteiger charge is 2.13. The number of H-pyrrole nitrogens is 1. The molecule has 1 fully saturated rings. The van der Waals surface area contributed by atoms with Crippen molar-refractivity contribution in [3.8, 4) is 0 Å². The fraction of sp³-hybridized carbons (Fsp3) is 0.500. The number of anilines is 1. The Balaban J connectivity index is 1.93. The molecule has 1 aliphatic rings. The molecule has 0 spiro atoms. The number of nitrogens with one attached hydrogen (secondary N) is 1. The SMILES string of the molecule is Cc1ccc2nc(N3CCCCCC3)[nH]c2c1. The van der Waals surface area contributed by atoms with E-state index in [4.69, 9.17) is 0 Å². The molecule has 0 bridgehead atoms. The molecule has 90 valence electrons. The molecule has 0 atom stereocenters. The first-order valence-electron chi connectivity index (χ1n) is 6.54. The molecule has 0 radical (unpaired) electrons. The Morgan fingerprint density at radius 2 is 1.88 bits per heavy atom. The topological polar surface area (TPSA) is 31.9 Å². The highest BCUT2D eigenvalue weighted by molar-refractivity contribution is 5.78. The summed E-state index contributed by atoms with van der Waals surface area (Å²) in [6, 6.07) is 6.39. The number of hydrogen-bond acceptors (Lipinski definition) is 2. The van der Waals surface area contributed by atoms with Crippen LogP contribution in [0.25, 0.3) is 11.0 Å². The Hall–Kier alpha value is -1.51. The minimum absolute atomic E-state index is 1.05. The van der Waals surface area contributed by atoms with Gasteiger partial charge in [0.05, 0.1) is 11.0 Å². The molecule has 0 amide bonds. The van der Waals surface area contributed by atoms with E-state index >= 15 is 0 Å². The summed E-state index contributed by atoms with van der Waals surface area (Å²) in [5.41, 5.74) is 3.52. The van der Waals surface area contributed by atoms with Gasteiger partial charge in [-0.1, -0.05) is 18.9 Å². The highest BCUT2D eigenvalue weighted by atomic mass is 15.3. The lowest BCUT2D eigenvalue weighted by atomic mass is 10.2. The lowest BCUT2D eigenvalue weighted by Crippen LogP contribution is -2.24. The lowest BCUT2D eigenvalue weighted by molar-refractivity contribution is 0.726. The Bertz CT molecular complexity index is 507. The third-order valence-corrected chi connectivity index (χ3v) is 3.53. The third-order valence-electron chi connectivity index (χ3n) is 3.53. The number of imidazole rings is 1. The fourth-order valence-electron chi connectivity index (χ4n) is 2.54.